The van der Waals surface area contributed by atoms with Crippen molar-refractivity contribution >= 4 is 18.5 Å². The van der Waals surface area contributed by atoms with Crippen molar-refractivity contribution in [3.8, 4) is 0 Å². The first-order valence-electron chi connectivity index (χ1n) is 16.8. The molecule has 0 fully saturated rings. The normalized spacial score (nSPS) is 13.7. The summed E-state index contributed by atoms with van der Waals surface area (Å²) in [7, 11) is 0.977. The van der Waals surface area contributed by atoms with Gasteiger partial charge in [-0.3, -0.25) is 0 Å². The lowest BCUT2D eigenvalue weighted by atomic mass is 10.1. The molecule has 0 rings (SSSR count). The Kier molecular flexibility index (Phi) is 28.2. The Morgan fingerprint density at radius 2 is 0.895 bits per heavy atom. The molecule has 0 spiro atoms. The fourth-order valence-corrected chi connectivity index (χ4v) is 7.68. The second-order valence-electron chi connectivity index (χ2n) is 12.3. The number of hydrogen-bond donors (Lipinski definition) is 1. The minimum absolute atomic E-state index is 0.412. The van der Waals surface area contributed by atoms with Crippen molar-refractivity contribution < 1.29 is 18.8 Å². The van der Waals surface area contributed by atoms with Gasteiger partial charge in [0.1, 0.15) is 0 Å². The summed E-state index contributed by atoms with van der Waals surface area (Å²) in [6.45, 7) is 7.02. The highest BCUT2D eigenvalue weighted by molar-refractivity contribution is 8.56. The minimum Gasteiger partial charge on any atom is -0.622 e. The molecule has 0 aliphatic rings. The predicted molar refractivity (Wildman–Crippen MR) is 172 cm³/mol. The SMILES string of the molecule is CCCCCCCCCCCCCCO[P+]([O-])(O)SCC[N+](C)(C)CCCCCCCCCCCCCC. The molecule has 0 amide bonds. The molecule has 1 unspecified atom stereocenters. The first-order chi connectivity index (χ1) is 18.3. The summed E-state index contributed by atoms with van der Waals surface area (Å²) in [5.74, 6) is 0.678. The summed E-state index contributed by atoms with van der Waals surface area (Å²) in [4.78, 5) is 22.5. The van der Waals surface area contributed by atoms with Gasteiger partial charge in [-0.05, 0) is 19.3 Å². The van der Waals surface area contributed by atoms with E-state index in [1.807, 2.05) is 0 Å². The van der Waals surface area contributed by atoms with Crippen LogP contribution in [0, 0.1) is 0 Å². The van der Waals surface area contributed by atoms with Gasteiger partial charge < -0.3 is 9.38 Å². The van der Waals surface area contributed by atoms with Crippen LogP contribution in [-0.2, 0) is 4.52 Å². The zero-order valence-electron chi connectivity index (χ0n) is 26.4. The van der Waals surface area contributed by atoms with Gasteiger partial charge in [-0.1, -0.05) is 149 Å². The van der Waals surface area contributed by atoms with Crippen molar-refractivity contribution in [2.45, 2.75) is 168 Å². The van der Waals surface area contributed by atoms with Crippen molar-refractivity contribution in [2.24, 2.45) is 0 Å². The molecule has 1 N–H and O–H groups in total. The lowest BCUT2D eigenvalue weighted by Gasteiger charge is -2.30. The van der Waals surface area contributed by atoms with Crippen LogP contribution in [0.4, 0.5) is 0 Å². The third-order valence-corrected chi connectivity index (χ3v) is 10.9. The van der Waals surface area contributed by atoms with E-state index in [1.54, 1.807) is 0 Å². The van der Waals surface area contributed by atoms with Crippen molar-refractivity contribution in [2.75, 3.05) is 39.5 Å². The quantitative estimate of drug-likeness (QED) is 0.0505. The van der Waals surface area contributed by atoms with E-state index in [4.69, 9.17) is 4.52 Å². The Morgan fingerprint density at radius 3 is 1.29 bits per heavy atom. The van der Waals surface area contributed by atoms with E-state index in [-0.39, 0.29) is 0 Å². The highest BCUT2D eigenvalue weighted by Gasteiger charge is 2.28. The zero-order valence-corrected chi connectivity index (χ0v) is 28.1. The lowest BCUT2D eigenvalue weighted by molar-refractivity contribution is -0.888. The van der Waals surface area contributed by atoms with Crippen LogP contribution in [-0.4, -0.2) is 48.9 Å². The number of quaternary nitrogens is 1. The molecule has 230 valence electrons. The van der Waals surface area contributed by atoms with E-state index >= 15 is 0 Å². The average molecular weight is 579 g/mol. The van der Waals surface area contributed by atoms with Gasteiger partial charge in [0.2, 0.25) is 0 Å². The van der Waals surface area contributed by atoms with Crippen LogP contribution in [0.5, 0.6) is 0 Å². The Bertz CT molecular complexity index is 480. The van der Waals surface area contributed by atoms with Gasteiger partial charge >= 0.3 is 0 Å². The Balaban J connectivity index is 3.55. The van der Waals surface area contributed by atoms with E-state index < -0.39 is 7.15 Å². The molecule has 0 aliphatic heterocycles. The minimum atomic E-state index is -3.51. The molecular formula is C32H69NO3PS+. The molecule has 0 bridgehead atoms. The summed E-state index contributed by atoms with van der Waals surface area (Å²) < 4.78 is 6.30. The summed E-state index contributed by atoms with van der Waals surface area (Å²) >= 11 is 1.12. The molecule has 6 heteroatoms. The molecule has 0 heterocycles. The number of rotatable bonds is 31. The second kappa shape index (κ2) is 27.8. The van der Waals surface area contributed by atoms with Crippen LogP contribution in [0.25, 0.3) is 0 Å². The highest BCUT2D eigenvalue weighted by Crippen LogP contribution is 2.59. The summed E-state index contributed by atoms with van der Waals surface area (Å²) in [5, 5.41) is 0. The van der Waals surface area contributed by atoms with Gasteiger partial charge in [0.15, 0.2) is 0 Å². The predicted octanol–water partition coefficient (Wildman–Crippen LogP) is 10.2. The van der Waals surface area contributed by atoms with Crippen molar-refractivity contribution in [3.05, 3.63) is 0 Å². The van der Waals surface area contributed by atoms with Crippen LogP contribution in [0.2, 0.25) is 0 Å². The molecule has 0 aromatic carbocycles. The third kappa shape index (κ3) is 29.6. The second-order valence-corrected chi connectivity index (χ2v) is 16.3. The largest absolute Gasteiger partial charge is 0.622 e. The van der Waals surface area contributed by atoms with E-state index in [1.165, 1.54) is 141 Å². The Hall–Kier alpha value is 0.620. The molecular weight excluding hydrogens is 509 g/mol. The number of nitrogens with zero attached hydrogens (tertiary/aromatic N) is 1. The third-order valence-electron chi connectivity index (χ3n) is 7.82. The zero-order chi connectivity index (χ0) is 28.2. The Labute approximate surface area is 244 Å². The van der Waals surface area contributed by atoms with Crippen molar-refractivity contribution in [1.82, 2.24) is 0 Å². The van der Waals surface area contributed by atoms with Crippen LogP contribution < -0.4 is 4.89 Å². The molecule has 0 saturated heterocycles. The van der Waals surface area contributed by atoms with Gasteiger partial charge in [-0.2, -0.15) is 4.52 Å². The standard InChI is InChI=1S/C32H68NO3PS/c1-5-7-9-11-13-15-17-19-21-23-25-27-29-33(3,4)30-32-38-37(34,35)36-31-28-26-24-22-20-18-16-14-12-10-8-6-2/h5-32H2,1-4H3/p+1. The highest BCUT2D eigenvalue weighted by atomic mass is 32.7. The van der Waals surface area contributed by atoms with Gasteiger partial charge in [0.25, 0.3) is 7.15 Å². The molecule has 38 heavy (non-hydrogen) atoms. The van der Waals surface area contributed by atoms with Crippen LogP contribution in [0.3, 0.4) is 0 Å². The van der Waals surface area contributed by atoms with Crippen LogP contribution in [0.1, 0.15) is 168 Å². The van der Waals surface area contributed by atoms with Crippen LogP contribution >= 0.6 is 18.5 Å². The van der Waals surface area contributed by atoms with Crippen LogP contribution in [0.15, 0.2) is 0 Å². The molecule has 4 nitrogen and oxygen atoms in total. The van der Waals surface area contributed by atoms with Gasteiger partial charge in [-0.15, -0.1) is 0 Å². The summed E-state index contributed by atoms with van der Waals surface area (Å²) in [6.07, 6.45) is 32.0. The van der Waals surface area contributed by atoms with Gasteiger partial charge in [0, 0.05) is 0 Å². The lowest BCUT2D eigenvalue weighted by Crippen LogP contribution is -2.42. The fraction of sp³-hybridized carbons (Fsp3) is 1.00. The van der Waals surface area contributed by atoms with Crippen molar-refractivity contribution in [1.29, 1.82) is 0 Å². The van der Waals surface area contributed by atoms with Gasteiger partial charge in [-0.25, -0.2) is 4.89 Å². The van der Waals surface area contributed by atoms with E-state index in [9.17, 15) is 9.79 Å². The number of hydrogen-bond acceptors (Lipinski definition) is 4. The van der Waals surface area contributed by atoms with E-state index in [2.05, 4.69) is 27.9 Å². The molecule has 0 aliphatic carbocycles. The maximum Gasteiger partial charge on any atom is 0.295 e. The topological polar surface area (TPSA) is 52.5 Å². The first kappa shape index (κ1) is 38.6. The van der Waals surface area contributed by atoms with E-state index in [0.717, 1.165) is 41.8 Å². The average Bonchev–Trinajstić information content (AvgIpc) is 2.87. The molecule has 0 aromatic heterocycles. The smallest absolute Gasteiger partial charge is 0.295 e. The summed E-state index contributed by atoms with van der Waals surface area (Å²) in [5.41, 5.74) is 0. The molecule has 0 radical (unpaired) electrons. The molecule has 0 saturated carbocycles. The molecule has 0 aromatic rings. The van der Waals surface area contributed by atoms with Gasteiger partial charge in [0.05, 0.1) is 50.9 Å². The maximum atomic E-state index is 12.4. The fourth-order valence-electron chi connectivity index (χ4n) is 5.06. The Morgan fingerprint density at radius 1 is 0.553 bits per heavy atom. The molecule has 1 atom stereocenters. The monoisotopic (exact) mass is 578 g/mol. The van der Waals surface area contributed by atoms with E-state index in [0.29, 0.717) is 12.4 Å². The number of unbranched alkanes of at least 4 members (excludes halogenated alkanes) is 22. The van der Waals surface area contributed by atoms with Crippen molar-refractivity contribution in [3.63, 3.8) is 0 Å². The first-order valence-corrected chi connectivity index (χ1v) is 19.9. The maximum absolute atomic E-state index is 12.4. The summed E-state index contributed by atoms with van der Waals surface area (Å²) in [6, 6.07) is 0.